The van der Waals surface area contributed by atoms with Gasteiger partial charge in [0.25, 0.3) is 0 Å². The highest BCUT2D eigenvalue weighted by molar-refractivity contribution is 7.98. The molecule has 6 nitrogen and oxygen atoms in total. The largest absolute Gasteiger partial charge is 0.461 e. The van der Waals surface area contributed by atoms with E-state index in [0.29, 0.717) is 22.5 Å². The summed E-state index contributed by atoms with van der Waals surface area (Å²) >= 11 is 7.81. The molecule has 0 bridgehead atoms. The summed E-state index contributed by atoms with van der Waals surface area (Å²) < 4.78 is 8.94. The number of hydrogen-bond acceptors (Lipinski definition) is 5. The highest BCUT2D eigenvalue weighted by atomic mass is 35.5. The molecule has 3 heterocycles. The van der Waals surface area contributed by atoms with Crippen LogP contribution >= 0.6 is 23.4 Å². The molecule has 0 aliphatic carbocycles. The van der Waals surface area contributed by atoms with Crippen LogP contribution in [0.3, 0.4) is 0 Å². The van der Waals surface area contributed by atoms with Gasteiger partial charge >= 0.3 is 0 Å². The van der Waals surface area contributed by atoms with Gasteiger partial charge in [-0.1, -0.05) is 23.4 Å². The summed E-state index contributed by atoms with van der Waals surface area (Å²) in [7, 11) is 3.75. The quantitative estimate of drug-likeness (QED) is 0.690. The van der Waals surface area contributed by atoms with Gasteiger partial charge in [0, 0.05) is 25.4 Å². The Morgan fingerprint density at radius 1 is 1.33 bits per heavy atom. The third-order valence-electron chi connectivity index (χ3n) is 3.19. The summed E-state index contributed by atoms with van der Waals surface area (Å²) in [6.45, 7) is 1.95. The summed E-state index contributed by atoms with van der Waals surface area (Å²) in [6.07, 6.45) is 1.62. The molecular formula is C13H14ClN5OS. The first-order valence-corrected chi connectivity index (χ1v) is 7.68. The molecule has 3 aromatic rings. The van der Waals surface area contributed by atoms with E-state index in [1.807, 2.05) is 37.7 Å². The van der Waals surface area contributed by atoms with E-state index in [4.69, 9.17) is 16.0 Å². The van der Waals surface area contributed by atoms with Crippen molar-refractivity contribution in [2.45, 2.75) is 17.8 Å². The molecule has 0 fully saturated rings. The molecule has 0 saturated heterocycles. The fourth-order valence-electron chi connectivity index (χ4n) is 2.04. The van der Waals surface area contributed by atoms with Gasteiger partial charge in [-0.3, -0.25) is 4.68 Å². The fraction of sp³-hybridized carbons (Fsp3) is 0.308. The van der Waals surface area contributed by atoms with Gasteiger partial charge in [-0.2, -0.15) is 5.10 Å². The maximum atomic E-state index is 6.24. The second kappa shape index (κ2) is 5.57. The van der Waals surface area contributed by atoms with Crippen molar-refractivity contribution >= 4 is 23.4 Å². The van der Waals surface area contributed by atoms with Crippen molar-refractivity contribution < 1.29 is 4.42 Å². The molecule has 0 spiro atoms. The molecule has 3 rings (SSSR count). The number of hydrogen-bond donors (Lipinski definition) is 0. The Balaban J connectivity index is 1.80. The summed E-state index contributed by atoms with van der Waals surface area (Å²) in [4.78, 5) is 0. The topological polar surface area (TPSA) is 61.7 Å². The summed E-state index contributed by atoms with van der Waals surface area (Å²) in [5, 5.41) is 14.1. The third-order valence-corrected chi connectivity index (χ3v) is 4.71. The second-order valence-corrected chi connectivity index (χ2v) is 5.91. The van der Waals surface area contributed by atoms with Crippen LogP contribution in [0.25, 0.3) is 11.6 Å². The predicted molar refractivity (Wildman–Crippen MR) is 81.2 cm³/mol. The van der Waals surface area contributed by atoms with Gasteiger partial charge < -0.3 is 8.98 Å². The monoisotopic (exact) mass is 323 g/mol. The SMILES string of the molecule is Cc1nn(C)c(Cl)c1CSc1nnc(-c2ccco2)n1C. The van der Waals surface area contributed by atoms with Crippen molar-refractivity contribution in [2.75, 3.05) is 0 Å². The van der Waals surface area contributed by atoms with Crippen LogP contribution in [0.4, 0.5) is 0 Å². The molecule has 21 heavy (non-hydrogen) atoms. The van der Waals surface area contributed by atoms with Crippen LogP contribution in [0.1, 0.15) is 11.3 Å². The fourth-order valence-corrected chi connectivity index (χ4v) is 3.35. The maximum absolute atomic E-state index is 6.24. The Kier molecular flexibility index (Phi) is 3.77. The average Bonchev–Trinajstić information content (AvgIpc) is 3.13. The summed E-state index contributed by atoms with van der Waals surface area (Å²) in [5.74, 6) is 2.10. The minimum absolute atomic E-state index is 0.661. The predicted octanol–water partition coefficient (Wildman–Crippen LogP) is 3.06. The van der Waals surface area contributed by atoms with E-state index in [2.05, 4.69) is 15.3 Å². The average molecular weight is 324 g/mol. The van der Waals surface area contributed by atoms with E-state index >= 15 is 0 Å². The van der Waals surface area contributed by atoms with Crippen LogP contribution < -0.4 is 0 Å². The summed E-state index contributed by atoms with van der Waals surface area (Å²) in [6, 6.07) is 3.69. The minimum Gasteiger partial charge on any atom is -0.461 e. The number of furan rings is 1. The van der Waals surface area contributed by atoms with Gasteiger partial charge in [0.1, 0.15) is 5.15 Å². The smallest absolute Gasteiger partial charge is 0.200 e. The highest BCUT2D eigenvalue weighted by Gasteiger charge is 2.16. The number of aryl methyl sites for hydroxylation is 2. The first-order valence-electron chi connectivity index (χ1n) is 6.32. The van der Waals surface area contributed by atoms with E-state index in [-0.39, 0.29) is 0 Å². The zero-order valence-corrected chi connectivity index (χ0v) is 13.4. The first kappa shape index (κ1) is 14.2. The second-order valence-electron chi connectivity index (χ2n) is 4.61. The molecule has 0 radical (unpaired) electrons. The zero-order chi connectivity index (χ0) is 15.0. The molecule has 0 aliphatic heterocycles. The minimum atomic E-state index is 0.661. The third kappa shape index (κ3) is 2.58. The highest BCUT2D eigenvalue weighted by Crippen LogP contribution is 2.29. The van der Waals surface area contributed by atoms with Gasteiger partial charge in [0.05, 0.1) is 12.0 Å². The Morgan fingerprint density at radius 3 is 2.76 bits per heavy atom. The van der Waals surface area contributed by atoms with Gasteiger partial charge in [-0.05, 0) is 19.1 Å². The molecule has 0 unspecified atom stereocenters. The number of aromatic nitrogens is 5. The van der Waals surface area contributed by atoms with Gasteiger partial charge in [-0.15, -0.1) is 10.2 Å². The zero-order valence-electron chi connectivity index (χ0n) is 11.9. The normalized spacial score (nSPS) is 11.2. The Labute approximate surface area is 131 Å². The molecule has 0 aromatic carbocycles. The van der Waals surface area contributed by atoms with Crippen molar-refractivity contribution in [1.82, 2.24) is 24.5 Å². The van der Waals surface area contributed by atoms with Crippen LogP contribution in [0.15, 0.2) is 28.0 Å². The van der Waals surface area contributed by atoms with Crippen molar-refractivity contribution in [2.24, 2.45) is 14.1 Å². The van der Waals surface area contributed by atoms with E-state index in [9.17, 15) is 0 Å². The van der Waals surface area contributed by atoms with Crippen LogP contribution in [0, 0.1) is 6.92 Å². The molecule has 0 atom stereocenters. The van der Waals surface area contributed by atoms with Crippen molar-refractivity contribution in [3.63, 3.8) is 0 Å². The number of thioether (sulfide) groups is 1. The lowest BCUT2D eigenvalue weighted by atomic mass is 10.3. The molecule has 110 valence electrons. The summed E-state index contributed by atoms with van der Waals surface area (Å²) in [5.41, 5.74) is 1.95. The molecule has 8 heteroatoms. The molecule has 0 N–H and O–H groups in total. The molecular weight excluding hydrogens is 310 g/mol. The van der Waals surface area contributed by atoms with Gasteiger partial charge in [0.15, 0.2) is 16.7 Å². The van der Waals surface area contributed by atoms with Gasteiger partial charge in [0.2, 0.25) is 0 Å². The van der Waals surface area contributed by atoms with E-state index < -0.39 is 0 Å². The van der Waals surface area contributed by atoms with E-state index in [1.54, 1.807) is 22.7 Å². The van der Waals surface area contributed by atoms with Crippen molar-refractivity contribution in [3.8, 4) is 11.6 Å². The lowest BCUT2D eigenvalue weighted by Crippen LogP contribution is -1.94. The lowest BCUT2D eigenvalue weighted by molar-refractivity contribution is 0.572. The number of rotatable bonds is 4. The Hall–Kier alpha value is -1.73. The van der Waals surface area contributed by atoms with Crippen molar-refractivity contribution in [1.29, 1.82) is 0 Å². The molecule has 3 aromatic heterocycles. The standard InChI is InChI=1S/C13H14ClN5OS/c1-8-9(11(14)19(3)17-8)7-21-13-16-15-12(18(13)2)10-5-4-6-20-10/h4-6H,7H2,1-3H3. The molecule has 0 amide bonds. The maximum Gasteiger partial charge on any atom is 0.200 e. The van der Waals surface area contributed by atoms with Crippen LogP contribution in [-0.4, -0.2) is 24.5 Å². The number of nitrogens with zero attached hydrogens (tertiary/aromatic N) is 5. The van der Waals surface area contributed by atoms with Gasteiger partial charge in [-0.25, -0.2) is 0 Å². The van der Waals surface area contributed by atoms with Crippen molar-refractivity contribution in [3.05, 3.63) is 34.8 Å². The van der Waals surface area contributed by atoms with Crippen LogP contribution in [0.5, 0.6) is 0 Å². The molecule has 0 saturated carbocycles. The lowest BCUT2D eigenvalue weighted by Gasteiger charge is -2.02. The van der Waals surface area contributed by atoms with Crippen LogP contribution in [0.2, 0.25) is 5.15 Å². The molecule has 0 aliphatic rings. The number of halogens is 1. The van der Waals surface area contributed by atoms with Crippen LogP contribution in [-0.2, 0) is 19.8 Å². The van der Waals surface area contributed by atoms with E-state index in [1.165, 1.54) is 0 Å². The Morgan fingerprint density at radius 2 is 2.14 bits per heavy atom. The van der Waals surface area contributed by atoms with E-state index in [0.717, 1.165) is 16.4 Å². The Bertz CT molecular complexity index is 762. The first-order chi connectivity index (χ1) is 10.1.